The van der Waals surface area contributed by atoms with E-state index in [2.05, 4.69) is 31.1 Å². The number of carbonyl (C=O) groups is 2. The van der Waals surface area contributed by atoms with Gasteiger partial charge in [0.05, 0.1) is 0 Å². The van der Waals surface area contributed by atoms with Gasteiger partial charge >= 0.3 is 0 Å². The molecule has 6 heteroatoms. The van der Waals surface area contributed by atoms with Gasteiger partial charge in [-0.15, -0.1) is 0 Å². The Morgan fingerprint density at radius 2 is 1.74 bits per heavy atom. The van der Waals surface area contributed by atoms with Crippen LogP contribution >= 0.6 is 0 Å². The molecule has 2 amide bonds. The summed E-state index contributed by atoms with van der Waals surface area (Å²) in [5.41, 5.74) is 1.01. The van der Waals surface area contributed by atoms with Crippen molar-refractivity contribution < 1.29 is 14.0 Å². The number of aryl methyl sites for hydroxylation is 1. The third-order valence-corrected chi connectivity index (χ3v) is 4.94. The Morgan fingerprint density at radius 1 is 1.11 bits per heavy atom. The predicted molar refractivity (Wildman–Crippen MR) is 105 cm³/mol. The van der Waals surface area contributed by atoms with Gasteiger partial charge in [0, 0.05) is 32.6 Å². The van der Waals surface area contributed by atoms with Crippen LogP contribution in [0.3, 0.4) is 0 Å². The maximum Gasteiger partial charge on any atom is 0.245 e. The summed E-state index contributed by atoms with van der Waals surface area (Å²) in [5.74, 6) is 0.00953. The third kappa shape index (κ3) is 7.29. The van der Waals surface area contributed by atoms with Crippen LogP contribution in [0.2, 0.25) is 0 Å². The molecule has 2 rings (SSSR count). The Morgan fingerprint density at radius 3 is 2.33 bits per heavy atom. The van der Waals surface area contributed by atoms with Gasteiger partial charge in [0.15, 0.2) is 0 Å². The highest BCUT2D eigenvalue weighted by molar-refractivity contribution is 5.87. The van der Waals surface area contributed by atoms with Gasteiger partial charge in [-0.2, -0.15) is 0 Å². The molecular formula is C21H32FN3O2. The molecule has 0 bridgehead atoms. The maximum absolute atomic E-state index is 12.9. The van der Waals surface area contributed by atoms with Gasteiger partial charge < -0.3 is 15.1 Å². The maximum atomic E-state index is 12.9. The lowest BCUT2D eigenvalue weighted by Crippen LogP contribution is -2.54. The van der Waals surface area contributed by atoms with Gasteiger partial charge in [0.2, 0.25) is 11.8 Å². The number of amides is 2. The van der Waals surface area contributed by atoms with Crippen LogP contribution < -0.4 is 5.32 Å². The lowest BCUT2D eigenvalue weighted by atomic mass is 10.0. The molecule has 1 saturated heterocycles. The standard InChI is InChI=1S/C21H32FN3O2/c1-16(2)15-19(21(27)25-13-11-24(3)12-14-25)23-20(26)6-4-5-17-7-9-18(22)10-8-17/h7-10,16,19H,4-6,11-15H2,1-3H3,(H,23,26)/t19-/m1/s1. The van der Waals surface area contributed by atoms with Crippen LogP contribution in [0, 0.1) is 11.7 Å². The molecule has 1 N–H and O–H groups in total. The van der Waals surface area contributed by atoms with Gasteiger partial charge in [-0.1, -0.05) is 26.0 Å². The Labute approximate surface area is 161 Å². The average molecular weight is 378 g/mol. The molecule has 1 aromatic rings. The number of hydrogen-bond acceptors (Lipinski definition) is 3. The first-order valence-corrected chi connectivity index (χ1v) is 9.86. The molecular weight excluding hydrogens is 345 g/mol. The number of piperazine rings is 1. The van der Waals surface area contributed by atoms with E-state index in [-0.39, 0.29) is 17.6 Å². The molecule has 150 valence electrons. The third-order valence-electron chi connectivity index (χ3n) is 4.94. The molecule has 1 aromatic carbocycles. The van der Waals surface area contributed by atoms with E-state index in [4.69, 9.17) is 0 Å². The first kappa shape index (κ1) is 21.4. The molecule has 0 aromatic heterocycles. The number of carbonyl (C=O) groups excluding carboxylic acids is 2. The van der Waals surface area contributed by atoms with Crippen LogP contribution in [0.4, 0.5) is 4.39 Å². The van der Waals surface area contributed by atoms with Crippen LogP contribution in [0.25, 0.3) is 0 Å². The summed E-state index contributed by atoms with van der Waals surface area (Å²) in [7, 11) is 2.05. The molecule has 1 fully saturated rings. The Hall–Kier alpha value is -1.95. The number of nitrogens with one attached hydrogen (secondary N) is 1. The zero-order valence-corrected chi connectivity index (χ0v) is 16.7. The number of nitrogens with zero attached hydrogens (tertiary/aromatic N) is 2. The number of rotatable bonds is 8. The zero-order valence-electron chi connectivity index (χ0n) is 16.7. The Balaban J connectivity index is 1.83. The van der Waals surface area contributed by atoms with E-state index in [0.717, 1.165) is 25.1 Å². The summed E-state index contributed by atoms with van der Waals surface area (Å²) in [6.07, 6.45) is 2.40. The summed E-state index contributed by atoms with van der Waals surface area (Å²) in [6, 6.07) is 5.90. The number of benzene rings is 1. The number of hydrogen-bond donors (Lipinski definition) is 1. The summed E-state index contributed by atoms with van der Waals surface area (Å²) in [5, 5.41) is 2.95. The van der Waals surface area contributed by atoms with Gasteiger partial charge in [0.1, 0.15) is 11.9 Å². The van der Waals surface area contributed by atoms with E-state index in [1.807, 2.05) is 4.90 Å². The van der Waals surface area contributed by atoms with Crippen molar-refractivity contribution in [3.8, 4) is 0 Å². The second-order valence-corrected chi connectivity index (χ2v) is 7.86. The minimum atomic E-state index is -0.452. The fourth-order valence-corrected chi connectivity index (χ4v) is 3.31. The molecule has 5 nitrogen and oxygen atoms in total. The lowest BCUT2D eigenvalue weighted by Gasteiger charge is -2.35. The largest absolute Gasteiger partial charge is 0.344 e. The molecule has 0 unspecified atom stereocenters. The quantitative estimate of drug-likeness (QED) is 0.757. The van der Waals surface area contributed by atoms with E-state index < -0.39 is 6.04 Å². The summed E-state index contributed by atoms with van der Waals surface area (Å²) >= 11 is 0. The van der Waals surface area contributed by atoms with Gasteiger partial charge in [-0.05, 0) is 49.9 Å². The second-order valence-electron chi connectivity index (χ2n) is 7.86. The first-order chi connectivity index (χ1) is 12.8. The minimum absolute atomic E-state index is 0.0312. The van der Waals surface area contributed by atoms with Crippen molar-refractivity contribution in [1.82, 2.24) is 15.1 Å². The van der Waals surface area contributed by atoms with E-state index in [1.54, 1.807) is 12.1 Å². The second kappa shape index (κ2) is 10.4. The fourth-order valence-electron chi connectivity index (χ4n) is 3.31. The SMILES string of the molecule is CC(C)C[C@@H](NC(=O)CCCc1ccc(F)cc1)C(=O)N1CCN(C)CC1. The van der Waals surface area contributed by atoms with Gasteiger partial charge in [0.25, 0.3) is 0 Å². The monoisotopic (exact) mass is 377 g/mol. The summed E-state index contributed by atoms with van der Waals surface area (Å²) in [6.45, 7) is 7.28. The molecule has 0 spiro atoms. The Bertz CT molecular complexity index is 610. The molecule has 1 aliphatic rings. The summed E-state index contributed by atoms with van der Waals surface area (Å²) < 4.78 is 12.9. The van der Waals surface area contributed by atoms with Gasteiger partial charge in [-0.25, -0.2) is 4.39 Å². The highest BCUT2D eigenvalue weighted by atomic mass is 19.1. The van der Waals surface area contributed by atoms with E-state index in [9.17, 15) is 14.0 Å². The number of likely N-dealkylation sites (N-methyl/N-ethyl adjacent to an activating group) is 1. The molecule has 0 aliphatic carbocycles. The smallest absolute Gasteiger partial charge is 0.245 e. The minimum Gasteiger partial charge on any atom is -0.344 e. The van der Waals surface area contributed by atoms with Crippen molar-refractivity contribution in [3.63, 3.8) is 0 Å². The van der Waals surface area contributed by atoms with Crippen molar-refractivity contribution in [2.45, 2.75) is 45.6 Å². The average Bonchev–Trinajstić information content (AvgIpc) is 2.62. The molecule has 1 atom stereocenters. The van der Waals surface area contributed by atoms with Crippen molar-refractivity contribution in [2.24, 2.45) is 5.92 Å². The molecule has 1 aliphatic heterocycles. The fraction of sp³-hybridized carbons (Fsp3) is 0.619. The molecule has 0 saturated carbocycles. The molecule has 27 heavy (non-hydrogen) atoms. The van der Waals surface area contributed by atoms with Crippen LogP contribution in [-0.2, 0) is 16.0 Å². The summed E-state index contributed by atoms with van der Waals surface area (Å²) in [4.78, 5) is 29.3. The lowest BCUT2D eigenvalue weighted by molar-refractivity contribution is -0.138. The highest BCUT2D eigenvalue weighted by Gasteiger charge is 2.28. The predicted octanol–water partition coefficient (Wildman–Crippen LogP) is 2.45. The highest BCUT2D eigenvalue weighted by Crippen LogP contribution is 2.12. The molecule has 0 radical (unpaired) electrons. The zero-order chi connectivity index (χ0) is 19.8. The normalized spacial score (nSPS) is 16.4. The van der Waals surface area contributed by atoms with Crippen LogP contribution in [-0.4, -0.2) is 60.9 Å². The van der Waals surface area contributed by atoms with Crippen molar-refractivity contribution in [2.75, 3.05) is 33.2 Å². The van der Waals surface area contributed by atoms with Crippen molar-refractivity contribution in [1.29, 1.82) is 0 Å². The van der Waals surface area contributed by atoms with E-state index in [0.29, 0.717) is 38.3 Å². The van der Waals surface area contributed by atoms with Crippen LogP contribution in [0.15, 0.2) is 24.3 Å². The Kier molecular flexibility index (Phi) is 8.23. The van der Waals surface area contributed by atoms with Crippen LogP contribution in [0.1, 0.15) is 38.7 Å². The topological polar surface area (TPSA) is 52.7 Å². The van der Waals surface area contributed by atoms with Crippen molar-refractivity contribution >= 4 is 11.8 Å². The van der Waals surface area contributed by atoms with Gasteiger partial charge in [-0.3, -0.25) is 9.59 Å². The first-order valence-electron chi connectivity index (χ1n) is 9.86. The van der Waals surface area contributed by atoms with Crippen LogP contribution in [0.5, 0.6) is 0 Å². The van der Waals surface area contributed by atoms with E-state index >= 15 is 0 Å². The van der Waals surface area contributed by atoms with Crippen molar-refractivity contribution in [3.05, 3.63) is 35.6 Å². The molecule has 1 heterocycles. The number of halogens is 1. The van der Waals surface area contributed by atoms with E-state index in [1.165, 1.54) is 12.1 Å².